The molecule has 3 nitrogen and oxygen atoms in total. The van der Waals surface area contributed by atoms with E-state index in [1.165, 1.54) is 5.56 Å². The van der Waals surface area contributed by atoms with E-state index in [-0.39, 0.29) is 12.4 Å². The van der Waals surface area contributed by atoms with Gasteiger partial charge in [0, 0.05) is 5.41 Å². The van der Waals surface area contributed by atoms with Gasteiger partial charge in [0.15, 0.2) is 9.84 Å². The van der Waals surface area contributed by atoms with Crippen LogP contribution in [-0.2, 0) is 21.2 Å². The average molecular weight is 240 g/mol. The lowest BCUT2D eigenvalue weighted by Crippen LogP contribution is -2.09. The predicted octanol–water partition coefficient (Wildman–Crippen LogP) is 2.07. The summed E-state index contributed by atoms with van der Waals surface area (Å²) in [4.78, 5) is 0. The number of hydrogen-bond acceptors (Lipinski definition) is 3. The number of sulfone groups is 1. The molecule has 0 aromatic heterocycles. The Labute approximate surface area is 96.7 Å². The normalized spacial score (nSPS) is 11.3. The molecule has 0 atom stereocenters. The van der Waals surface area contributed by atoms with Crippen molar-refractivity contribution in [2.45, 2.75) is 13.5 Å². The molecule has 0 aliphatic heterocycles. The van der Waals surface area contributed by atoms with Gasteiger partial charge in [-0.2, -0.15) is 0 Å². The summed E-state index contributed by atoms with van der Waals surface area (Å²) in [6, 6.07) is 7.94. The van der Waals surface area contributed by atoms with Crippen LogP contribution in [0.15, 0.2) is 36.3 Å². The van der Waals surface area contributed by atoms with E-state index in [2.05, 4.69) is 6.58 Å². The van der Waals surface area contributed by atoms with E-state index in [1.54, 1.807) is 0 Å². The third kappa shape index (κ3) is 4.59. The second-order valence-corrected chi connectivity index (χ2v) is 5.64. The molecular weight excluding hydrogens is 224 g/mol. The molecule has 1 aromatic carbocycles. The minimum atomic E-state index is -3.14. The zero-order valence-corrected chi connectivity index (χ0v) is 10.2. The number of ether oxygens (including phenoxy) is 1. The Morgan fingerprint density at radius 1 is 1.31 bits per heavy atom. The van der Waals surface area contributed by atoms with E-state index in [4.69, 9.17) is 4.74 Å². The second-order valence-electron chi connectivity index (χ2n) is 3.57. The van der Waals surface area contributed by atoms with Crippen LogP contribution in [0.4, 0.5) is 0 Å². The molecule has 1 rings (SSSR count). The Kier molecular flexibility index (Phi) is 4.71. The number of benzene rings is 1. The van der Waals surface area contributed by atoms with Crippen LogP contribution in [-0.4, -0.2) is 20.8 Å². The van der Waals surface area contributed by atoms with E-state index >= 15 is 0 Å². The molecule has 4 heteroatoms. The molecule has 88 valence electrons. The predicted molar refractivity (Wildman–Crippen MR) is 64.8 cm³/mol. The first kappa shape index (κ1) is 12.9. The Bertz CT molecular complexity index is 432. The summed E-state index contributed by atoms with van der Waals surface area (Å²) in [5.74, 6) is -0.0115. The lowest BCUT2D eigenvalue weighted by molar-refractivity contribution is 0.135. The quantitative estimate of drug-likeness (QED) is 0.715. The van der Waals surface area contributed by atoms with Crippen molar-refractivity contribution in [2.24, 2.45) is 0 Å². The van der Waals surface area contributed by atoms with Crippen molar-refractivity contribution in [2.75, 3.05) is 12.4 Å². The molecule has 0 fully saturated rings. The van der Waals surface area contributed by atoms with Gasteiger partial charge in [-0.15, -0.1) is 0 Å². The molecule has 0 bridgehead atoms. The third-order valence-corrected chi connectivity index (χ3v) is 3.40. The van der Waals surface area contributed by atoms with Gasteiger partial charge in [-0.25, -0.2) is 8.42 Å². The Hall–Kier alpha value is -1.13. The minimum Gasteiger partial charge on any atom is -0.376 e. The van der Waals surface area contributed by atoms with Gasteiger partial charge in [-0.1, -0.05) is 36.4 Å². The van der Waals surface area contributed by atoms with Crippen molar-refractivity contribution in [3.8, 4) is 0 Å². The molecular formula is C12H16O3S. The third-order valence-electron chi connectivity index (χ3n) is 2.16. The van der Waals surface area contributed by atoms with Crippen molar-refractivity contribution in [1.82, 2.24) is 0 Å². The van der Waals surface area contributed by atoms with E-state index in [9.17, 15) is 8.42 Å². The van der Waals surface area contributed by atoms with E-state index in [0.29, 0.717) is 6.61 Å². The van der Waals surface area contributed by atoms with E-state index < -0.39 is 9.84 Å². The van der Waals surface area contributed by atoms with Gasteiger partial charge < -0.3 is 4.74 Å². The van der Waals surface area contributed by atoms with Crippen LogP contribution in [0.2, 0.25) is 0 Å². The van der Waals surface area contributed by atoms with Gasteiger partial charge >= 0.3 is 0 Å². The molecule has 1 aromatic rings. The molecule has 0 aliphatic carbocycles. The Morgan fingerprint density at radius 2 is 1.94 bits per heavy atom. The van der Waals surface area contributed by atoms with Crippen LogP contribution in [0.5, 0.6) is 0 Å². The lowest BCUT2D eigenvalue weighted by Gasteiger charge is -2.04. The molecule has 0 saturated carbocycles. The standard InChI is InChI=1S/C12H16O3S/c1-3-16(13,14)9-8-15-10-12-6-4-11(2)5-7-12/h3-7H,1,8-10H2,2H3. The smallest absolute Gasteiger partial charge is 0.173 e. The summed E-state index contributed by atoms with van der Waals surface area (Å²) in [5, 5.41) is 0.961. The topological polar surface area (TPSA) is 43.4 Å². The number of hydrogen-bond donors (Lipinski definition) is 0. The molecule has 0 amide bonds. The van der Waals surface area contributed by atoms with Crippen molar-refractivity contribution in [1.29, 1.82) is 0 Å². The van der Waals surface area contributed by atoms with Gasteiger partial charge in [0.05, 0.1) is 19.0 Å². The highest BCUT2D eigenvalue weighted by Gasteiger charge is 2.04. The van der Waals surface area contributed by atoms with Crippen LogP contribution in [0.25, 0.3) is 0 Å². The van der Waals surface area contributed by atoms with Crippen molar-refractivity contribution in [3.05, 3.63) is 47.4 Å². The highest BCUT2D eigenvalue weighted by Crippen LogP contribution is 2.04. The zero-order valence-electron chi connectivity index (χ0n) is 9.35. The summed E-state index contributed by atoms with van der Waals surface area (Å²) in [6.45, 7) is 5.88. The summed E-state index contributed by atoms with van der Waals surface area (Å²) in [6.07, 6.45) is 0. The van der Waals surface area contributed by atoms with Crippen LogP contribution >= 0.6 is 0 Å². The Morgan fingerprint density at radius 3 is 2.50 bits per heavy atom. The summed E-state index contributed by atoms with van der Waals surface area (Å²) in [5.41, 5.74) is 2.24. The fraction of sp³-hybridized carbons (Fsp3) is 0.333. The highest BCUT2D eigenvalue weighted by molar-refractivity contribution is 7.94. The molecule has 0 heterocycles. The lowest BCUT2D eigenvalue weighted by atomic mass is 10.2. The molecule has 0 radical (unpaired) electrons. The average Bonchev–Trinajstić information content (AvgIpc) is 2.27. The van der Waals surface area contributed by atoms with Gasteiger partial charge in [-0.05, 0) is 12.5 Å². The minimum absolute atomic E-state index is 0.0115. The molecule has 16 heavy (non-hydrogen) atoms. The SMILES string of the molecule is C=CS(=O)(=O)CCOCc1ccc(C)cc1. The summed E-state index contributed by atoms with van der Waals surface area (Å²) in [7, 11) is -3.14. The van der Waals surface area contributed by atoms with Crippen molar-refractivity contribution < 1.29 is 13.2 Å². The van der Waals surface area contributed by atoms with Crippen LogP contribution < -0.4 is 0 Å². The maximum atomic E-state index is 11.1. The number of rotatable bonds is 6. The van der Waals surface area contributed by atoms with Gasteiger partial charge in [0.1, 0.15) is 0 Å². The molecule has 0 aliphatic rings. The van der Waals surface area contributed by atoms with Crippen molar-refractivity contribution in [3.63, 3.8) is 0 Å². The maximum Gasteiger partial charge on any atom is 0.173 e. The molecule has 0 saturated heterocycles. The van der Waals surface area contributed by atoms with Crippen LogP contribution in [0, 0.1) is 6.92 Å². The number of aryl methyl sites for hydroxylation is 1. The van der Waals surface area contributed by atoms with E-state index in [0.717, 1.165) is 11.0 Å². The first-order chi connectivity index (χ1) is 7.53. The van der Waals surface area contributed by atoms with Crippen molar-refractivity contribution >= 4 is 9.84 Å². The first-order valence-electron chi connectivity index (χ1n) is 5.02. The van der Waals surface area contributed by atoms with E-state index in [1.807, 2.05) is 31.2 Å². The fourth-order valence-electron chi connectivity index (χ4n) is 1.13. The summed E-state index contributed by atoms with van der Waals surface area (Å²) >= 11 is 0. The molecule has 0 N–H and O–H groups in total. The van der Waals surface area contributed by atoms with Crippen LogP contribution in [0.3, 0.4) is 0 Å². The largest absolute Gasteiger partial charge is 0.376 e. The highest BCUT2D eigenvalue weighted by atomic mass is 32.2. The molecule has 0 spiro atoms. The maximum absolute atomic E-state index is 11.1. The zero-order chi connectivity index (χ0) is 12.0. The monoisotopic (exact) mass is 240 g/mol. The Balaban J connectivity index is 2.31. The first-order valence-corrected chi connectivity index (χ1v) is 6.73. The molecule has 0 unspecified atom stereocenters. The van der Waals surface area contributed by atoms with Gasteiger partial charge in [0.25, 0.3) is 0 Å². The second kappa shape index (κ2) is 5.82. The summed E-state index contributed by atoms with van der Waals surface area (Å²) < 4.78 is 27.4. The fourth-order valence-corrected chi connectivity index (χ4v) is 1.65. The van der Waals surface area contributed by atoms with Gasteiger partial charge in [0.2, 0.25) is 0 Å². The van der Waals surface area contributed by atoms with Crippen LogP contribution in [0.1, 0.15) is 11.1 Å². The van der Waals surface area contributed by atoms with Gasteiger partial charge in [-0.3, -0.25) is 0 Å².